The van der Waals surface area contributed by atoms with Crippen LogP contribution in [0.15, 0.2) is 11.4 Å². The monoisotopic (exact) mass is 293 g/mol. The van der Waals surface area contributed by atoms with Crippen LogP contribution in [0.3, 0.4) is 0 Å². The number of hydrogen-bond donors (Lipinski definition) is 1. The highest BCUT2D eigenvalue weighted by molar-refractivity contribution is 7.10. The molecule has 0 aromatic carbocycles. The number of rotatable bonds is 2. The van der Waals surface area contributed by atoms with Crippen molar-refractivity contribution in [1.82, 2.24) is 15.1 Å². The second kappa shape index (κ2) is 6.24. The van der Waals surface area contributed by atoms with Gasteiger partial charge >= 0.3 is 0 Å². The zero-order valence-corrected chi connectivity index (χ0v) is 12.9. The zero-order valence-electron chi connectivity index (χ0n) is 12.1. The van der Waals surface area contributed by atoms with Gasteiger partial charge in [-0.15, -0.1) is 11.3 Å². The van der Waals surface area contributed by atoms with Gasteiger partial charge in [-0.25, -0.2) is 0 Å². The molecule has 4 nitrogen and oxygen atoms in total. The molecule has 0 radical (unpaired) electrons. The number of thiophene rings is 1. The molecule has 20 heavy (non-hydrogen) atoms. The summed E-state index contributed by atoms with van der Waals surface area (Å²) < 4.78 is 0. The Labute approximate surface area is 124 Å². The van der Waals surface area contributed by atoms with Crippen molar-refractivity contribution < 1.29 is 4.79 Å². The van der Waals surface area contributed by atoms with E-state index >= 15 is 0 Å². The molecule has 0 bridgehead atoms. The quantitative estimate of drug-likeness (QED) is 0.897. The van der Waals surface area contributed by atoms with Gasteiger partial charge in [-0.05, 0) is 49.9 Å². The van der Waals surface area contributed by atoms with Crippen LogP contribution in [-0.2, 0) is 11.2 Å². The SMILES string of the molecule is CC1c2ccsc2CCN1C(=O)CN1CCCNCC1. The van der Waals surface area contributed by atoms with Gasteiger partial charge in [0, 0.05) is 24.5 Å². The van der Waals surface area contributed by atoms with Crippen molar-refractivity contribution >= 4 is 17.2 Å². The first-order chi connectivity index (χ1) is 9.75. The van der Waals surface area contributed by atoms with Crippen molar-refractivity contribution in [2.45, 2.75) is 25.8 Å². The normalized spacial score (nSPS) is 24.2. The van der Waals surface area contributed by atoms with Gasteiger partial charge in [0.15, 0.2) is 0 Å². The lowest BCUT2D eigenvalue weighted by Gasteiger charge is -2.35. The maximum atomic E-state index is 12.6. The van der Waals surface area contributed by atoms with Crippen molar-refractivity contribution in [3.8, 4) is 0 Å². The molecule has 1 fully saturated rings. The molecule has 2 aliphatic heterocycles. The Hall–Kier alpha value is -0.910. The zero-order chi connectivity index (χ0) is 13.9. The highest BCUT2D eigenvalue weighted by Gasteiger charge is 2.29. The van der Waals surface area contributed by atoms with Crippen LogP contribution in [0, 0.1) is 0 Å². The van der Waals surface area contributed by atoms with E-state index in [2.05, 4.69) is 33.5 Å². The Bertz CT molecular complexity index is 465. The van der Waals surface area contributed by atoms with Gasteiger partial charge in [-0.3, -0.25) is 9.69 Å². The van der Waals surface area contributed by atoms with E-state index in [1.807, 2.05) is 11.3 Å². The Morgan fingerprint density at radius 2 is 2.30 bits per heavy atom. The van der Waals surface area contributed by atoms with Gasteiger partial charge in [0.2, 0.25) is 5.91 Å². The molecular weight excluding hydrogens is 270 g/mol. The maximum Gasteiger partial charge on any atom is 0.237 e. The molecule has 1 saturated heterocycles. The summed E-state index contributed by atoms with van der Waals surface area (Å²) in [7, 11) is 0. The summed E-state index contributed by atoms with van der Waals surface area (Å²) in [6, 6.07) is 2.42. The lowest BCUT2D eigenvalue weighted by molar-refractivity contribution is -0.134. The van der Waals surface area contributed by atoms with E-state index in [0.717, 1.165) is 45.6 Å². The third kappa shape index (κ3) is 2.90. The lowest BCUT2D eigenvalue weighted by atomic mass is 10.0. The second-order valence-electron chi connectivity index (χ2n) is 5.69. The molecule has 5 heteroatoms. The minimum Gasteiger partial charge on any atom is -0.334 e. The van der Waals surface area contributed by atoms with Gasteiger partial charge in [-0.2, -0.15) is 0 Å². The molecule has 1 N–H and O–H groups in total. The van der Waals surface area contributed by atoms with Gasteiger partial charge in [0.1, 0.15) is 0 Å². The number of hydrogen-bond acceptors (Lipinski definition) is 4. The predicted molar refractivity (Wildman–Crippen MR) is 82.1 cm³/mol. The molecule has 2 aliphatic rings. The summed E-state index contributed by atoms with van der Waals surface area (Å²) in [5.41, 5.74) is 1.35. The molecule has 0 spiro atoms. The minimum atomic E-state index is 0.239. The highest BCUT2D eigenvalue weighted by Crippen LogP contribution is 2.32. The first-order valence-corrected chi connectivity index (χ1v) is 8.42. The number of carbonyl (C=O) groups is 1. The lowest BCUT2D eigenvalue weighted by Crippen LogP contribution is -2.44. The number of carbonyl (C=O) groups excluding carboxylic acids is 1. The van der Waals surface area contributed by atoms with Crippen molar-refractivity contribution in [2.75, 3.05) is 39.3 Å². The summed E-state index contributed by atoms with van der Waals surface area (Å²) in [6.45, 7) is 7.70. The largest absolute Gasteiger partial charge is 0.334 e. The van der Waals surface area contributed by atoms with E-state index < -0.39 is 0 Å². The van der Waals surface area contributed by atoms with E-state index in [9.17, 15) is 4.79 Å². The van der Waals surface area contributed by atoms with Crippen molar-refractivity contribution in [3.63, 3.8) is 0 Å². The van der Waals surface area contributed by atoms with E-state index in [1.165, 1.54) is 10.4 Å². The first-order valence-electron chi connectivity index (χ1n) is 7.54. The highest BCUT2D eigenvalue weighted by atomic mass is 32.1. The molecule has 1 aromatic rings. The minimum absolute atomic E-state index is 0.239. The Morgan fingerprint density at radius 1 is 1.40 bits per heavy atom. The molecule has 1 aromatic heterocycles. The molecule has 3 heterocycles. The smallest absolute Gasteiger partial charge is 0.237 e. The Kier molecular flexibility index (Phi) is 4.38. The van der Waals surface area contributed by atoms with Crippen LogP contribution in [0.5, 0.6) is 0 Å². The molecule has 1 unspecified atom stereocenters. The standard InChI is InChI=1S/C15H23N3OS/c1-12-13-4-10-20-14(13)3-8-18(12)15(19)11-17-7-2-5-16-6-9-17/h4,10,12,16H,2-3,5-9,11H2,1H3. The van der Waals surface area contributed by atoms with Gasteiger partial charge < -0.3 is 10.2 Å². The van der Waals surface area contributed by atoms with E-state index in [1.54, 1.807) is 0 Å². The summed E-state index contributed by atoms with van der Waals surface area (Å²) in [5.74, 6) is 0.288. The average Bonchev–Trinajstić information content (AvgIpc) is 2.78. The number of amides is 1. The molecule has 3 rings (SSSR count). The third-order valence-electron chi connectivity index (χ3n) is 4.39. The summed E-state index contributed by atoms with van der Waals surface area (Å²) in [4.78, 5) is 18.4. The van der Waals surface area contributed by atoms with E-state index in [-0.39, 0.29) is 11.9 Å². The summed E-state index contributed by atoms with van der Waals surface area (Å²) in [5, 5.41) is 5.53. The van der Waals surface area contributed by atoms with E-state index in [4.69, 9.17) is 0 Å². The molecule has 110 valence electrons. The molecule has 0 saturated carbocycles. The van der Waals surface area contributed by atoms with Crippen molar-refractivity contribution in [3.05, 3.63) is 21.9 Å². The van der Waals surface area contributed by atoms with Crippen LogP contribution < -0.4 is 5.32 Å². The van der Waals surface area contributed by atoms with Crippen LogP contribution in [0.25, 0.3) is 0 Å². The van der Waals surface area contributed by atoms with Crippen LogP contribution in [0.2, 0.25) is 0 Å². The van der Waals surface area contributed by atoms with Crippen molar-refractivity contribution in [2.24, 2.45) is 0 Å². The third-order valence-corrected chi connectivity index (χ3v) is 5.39. The van der Waals surface area contributed by atoms with Crippen molar-refractivity contribution in [1.29, 1.82) is 0 Å². The predicted octanol–water partition coefficient (Wildman–Crippen LogP) is 1.49. The Morgan fingerprint density at radius 3 is 3.20 bits per heavy atom. The number of fused-ring (bicyclic) bond motifs is 1. The van der Waals surface area contributed by atoms with Crippen LogP contribution in [0.4, 0.5) is 0 Å². The van der Waals surface area contributed by atoms with Crippen LogP contribution in [0.1, 0.15) is 29.8 Å². The fourth-order valence-corrected chi connectivity index (χ4v) is 4.15. The average molecular weight is 293 g/mol. The number of nitrogens with one attached hydrogen (secondary N) is 1. The molecule has 1 atom stereocenters. The molecular formula is C15H23N3OS. The fraction of sp³-hybridized carbons (Fsp3) is 0.667. The van der Waals surface area contributed by atoms with Gasteiger partial charge in [0.25, 0.3) is 0 Å². The molecule has 1 amide bonds. The number of nitrogens with zero attached hydrogens (tertiary/aromatic N) is 2. The second-order valence-corrected chi connectivity index (χ2v) is 6.69. The first kappa shape index (κ1) is 14.0. The summed E-state index contributed by atoms with van der Waals surface area (Å²) in [6.07, 6.45) is 2.15. The maximum absolute atomic E-state index is 12.6. The van der Waals surface area contributed by atoms with Crippen LogP contribution >= 0.6 is 11.3 Å². The fourth-order valence-electron chi connectivity index (χ4n) is 3.19. The van der Waals surface area contributed by atoms with E-state index in [0.29, 0.717) is 6.54 Å². The topological polar surface area (TPSA) is 35.6 Å². The van der Waals surface area contributed by atoms with Gasteiger partial charge in [-0.1, -0.05) is 0 Å². The van der Waals surface area contributed by atoms with Crippen LogP contribution in [-0.4, -0.2) is 55.0 Å². The van der Waals surface area contributed by atoms with Gasteiger partial charge in [0.05, 0.1) is 12.6 Å². The molecule has 0 aliphatic carbocycles. The Balaban J connectivity index is 1.63. The summed E-state index contributed by atoms with van der Waals surface area (Å²) >= 11 is 1.82.